The average molecular weight is 278 g/mol. The molecule has 0 aliphatic heterocycles. The second-order valence-corrected chi connectivity index (χ2v) is 4.48. The lowest BCUT2D eigenvalue weighted by atomic mass is 10.2. The lowest BCUT2D eigenvalue weighted by Crippen LogP contribution is -2.01. The van der Waals surface area contributed by atoms with Crippen LogP contribution in [0.4, 0.5) is 0 Å². The Morgan fingerprint density at radius 2 is 1.89 bits per heavy atom. The fourth-order valence-corrected chi connectivity index (χ4v) is 1.92. The van der Waals surface area contributed by atoms with Gasteiger partial charge in [0.2, 0.25) is 0 Å². The summed E-state index contributed by atoms with van der Waals surface area (Å²) in [7, 11) is 1.61. The molecule has 100 valence electrons. The van der Waals surface area contributed by atoms with Crippen molar-refractivity contribution in [3.05, 3.63) is 58.6 Å². The summed E-state index contributed by atoms with van der Waals surface area (Å²) < 4.78 is 11.0. The van der Waals surface area contributed by atoms with E-state index in [0.29, 0.717) is 29.7 Å². The molecule has 0 fully saturated rings. The topological polar surface area (TPSA) is 44.5 Å². The molecule has 2 aromatic rings. The SMILES string of the molecule is COc1ccc(CN)cc1OCc1ccccc1Cl. The van der Waals surface area contributed by atoms with Crippen LogP contribution in [-0.4, -0.2) is 7.11 Å². The maximum Gasteiger partial charge on any atom is 0.161 e. The van der Waals surface area contributed by atoms with Crippen molar-refractivity contribution in [3.8, 4) is 11.5 Å². The van der Waals surface area contributed by atoms with Crippen LogP contribution < -0.4 is 15.2 Å². The van der Waals surface area contributed by atoms with Crippen molar-refractivity contribution in [2.75, 3.05) is 7.11 Å². The molecule has 0 bridgehead atoms. The Balaban J connectivity index is 2.16. The minimum atomic E-state index is 0.393. The fraction of sp³-hybridized carbons (Fsp3) is 0.200. The molecule has 2 aromatic carbocycles. The van der Waals surface area contributed by atoms with E-state index in [-0.39, 0.29) is 0 Å². The molecular formula is C15H16ClNO2. The van der Waals surface area contributed by atoms with E-state index in [1.54, 1.807) is 7.11 Å². The minimum Gasteiger partial charge on any atom is -0.493 e. The highest BCUT2D eigenvalue weighted by Gasteiger charge is 2.07. The quantitative estimate of drug-likeness (QED) is 0.911. The maximum atomic E-state index is 6.09. The Hall–Kier alpha value is -1.71. The summed E-state index contributed by atoms with van der Waals surface area (Å²) >= 11 is 6.09. The van der Waals surface area contributed by atoms with Crippen molar-refractivity contribution in [3.63, 3.8) is 0 Å². The third kappa shape index (κ3) is 3.40. The zero-order valence-corrected chi connectivity index (χ0v) is 11.5. The van der Waals surface area contributed by atoms with E-state index in [9.17, 15) is 0 Å². The van der Waals surface area contributed by atoms with Crippen molar-refractivity contribution in [1.29, 1.82) is 0 Å². The Morgan fingerprint density at radius 3 is 2.58 bits per heavy atom. The summed E-state index contributed by atoms with van der Waals surface area (Å²) in [5.41, 5.74) is 7.55. The molecule has 19 heavy (non-hydrogen) atoms. The second-order valence-electron chi connectivity index (χ2n) is 4.07. The van der Waals surface area contributed by atoms with Gasteiger partial charge in [0.05, 0.1) is 7.11 Å². The molecule has 0 amide bonds. The molecule has 0 saturated carbocycles. The number of ether oxygens (including phenoxy) is 2. The van der Waals surface area contributed by atoms with Crippen molar-refractivity contribution >= 4 is 11.6 Å². The molecule has 0 saturated heterocycles. The molecule has 0 spiro atoms. The average Bonchev–Trinajstić information content (AvgIpc) is 2.46. The van der Waals surface area contributed by atoms with Gasteiger partial charge >= 0.3 is 0 Å². The van der Waals surface area contributed by atoms with E-state index in [4.69, 9.17) is 26.8 Å². The Bertz CT molecular complexity index is 558. The molecule has 0 radical (unpaired) electrons. The van der Waals surface area contributed by atoms with Crippen LogP contribution in [-0.2, 0) is 13.2 Å². The molecule has 0 unspecified atom stereocenters. The van der Waals surface area contributed by atoms with E-state index in [2.05, 4.69) is 0 Å². The Morgan fingerprint density at radius 1 is 1.11 bits per heavy atom. The number of hydrogen-bond donors (Lipinski definition) is 1. The smallest absolute Gasteiger partial charge is 0.161 e. The van der Waals surface area contributed by atoms with Crippen LogP contribution in [0.25, 0.3) is 0 Å². The normalized spacial score (nSPS) is 10.3. The zero-order chi connectivity index (χ0) is 13.7. The number of hydrogen-bond acceptors (Lipinski definition) is 3. The Labute approximate surface area is 117 Å². The number of rotatable bonds is 5. The van der Waals surface area contributed by atoms with Gasteiger partial charge in [0.1, 0.15) is 6.61 Å². The molecular weight excluding hydrogens is 262 g/mol. The van der Waals surface area contributed by atoms with Gasteiger partial charge in [-0.05, 0) is 23.8 Å². The lowest BCUT2D eigenvalue weighted by molar-refractivity contribution is 0.284. The van der Waals surface area contributed by atoms with E-state index < -0.39 is 0 Å². The van der Waals surface area contributed by atoms with E-state index in [0.717, 1.165) is 11.1 Å². The molecule has 0 atom stereocenters. The molecule has 2 N–H and O–H groups in total. The predicted molar refractivity (Wildman–Crippen MR) is 76.7 cm³/mol. The largest absolute Gasteiger partial charge is 0.493 e. The van der Waals surface area contributed by atoms with Crippen LogP contribution in [0.1, 0.15) is 11.1 Å². The van der Waals surface area contributed by atoms with E-state index in [1.807, 2.05) is 42.5 Å². The van der Waals surface area contributed by atoms with Crippen LogP contribution >= 0.6 is 11.6 Å². The maximum absolute atomic E-state index is 6.09. The lowest BCUT2D eigenvalue weighted by Gasteiger charge is -2.12. The second kappa shape index (κ2) is 6.45. The molecule has 0 aromatic heterocycles. The van der Waals surface area contributed by atoms with E-state index >= 15 is 0 Å². The summed E-state index contributed by atoms with van der Waals surface area (Å²) in [6.07, 6.45) is 0. The Kier molecular flexibility index (Phi) is 4.66. The van der Waals surface area contributed by atoms with Crippen molar-refractivity contribution in [2.45, 2.75) is 13.2 Å². The summed E-state index contributed by atoms with van der Waals surface area (Å²) in [5, 5.41) is 0.691. The van der Waals surface area contributed by atoms with Crippen LogP contribution in [0.15, 0.2) is 42.5 Å². The van der Waals surface area contributed by atoms with Gasteiger partial charge in [0.15, 0.2) is 11.5 Å². The van der Waals surface area contributed by atoms with Crippen LogP contribution in [0.5, 0.6) is 11.5 Å². The van der Waals surface area contributed by atoms with Crippen LogP contribution in [0, 0.1) is 0 Å². The molecule has 3 nitrogen and oxygen atoms in total. The number of nitrogens with two attached hydrogens (primary N) is 1. The zero-order valence-electron chi connectivity index (χ0n) is 10.7. The summed E-state index contributed by atoms with van der Waals surface area (Å²) in [5.74, 6) is 1.36. The minimum absolute atomic E-state index is 0.393. The summed E-state index contributed by atoms with van der Waals surface area (Å²) in [6.45, 7) is 0.858. The van der Waals surface area contributed by atoms with Crippen molar-refractivity contribution in [1.82, 2.24) is 0 Å². The van der Waals surface area contributed by atoms with Crippen molar-refractivity contribution in [2.24, 2.45) is 5.73 Å². The summed E-state index contributed by atoms with van der Waals surface area (Å²) in [6, 6.07) is 13.2. The number of benzene rings is 2. The molecule has 0 heterocycles. The van der Waals surface area contributed by atoms with Crippen molar-refractivity contribution < 1.29 is 9.47 Å². The number of halogens is 1. The predicted octanol–water partition coefficient (Wildman–Crippen LogP) is 3.39. The highest BCUT2D eigenvalue weighted by atomic mass is 35.5. The van der Waals surface area contributed by atoms with E-state index in [1.165, 1.54) is 0 Å². The first-order chi connectivity index (χ1) is 9.24. The van der Waals surface area contributed by atoms with Gasteiger partial charge < -0.3 is 15.2 Å². The first kappa shape index (κ1) is 13.7. The van der Waals surface area contributed by atoms with Crippen LogP contribution in [0.3, 0.4) is 0 Å². The summed E-state index contributed by atoms with van der Waals surface area (Å²) in [4.78, 5) is 0. The van der Waals surface area contributed by atoms with Gasteiger partial charge in [-0.25, -0.2) is 0 Å². The third-order valence-electron chi connectivity index (χ3n) is 2.80. The van der Waals surface area contributed by atoms with Gasteiger partial charge in [-0.3, -0.25) is 0 Å². The van der Waals surface area contributed by atoms with Gasteiger partial charge in [0, 0.05) is 17.1 Å². The monoisotopic (exact) mass is 277 g/mol. The van der Waals surface area contributed by atoms with Gasteiger partial charge in [0.25, 0.3) is 0 Å². The van der Waals surface area contributed by atoms with Gasteiger partial charge in [-0.1, -0.05) is 35.9 Å². The first-order valence-corrected chi connectivity index (χ1v) is 6.35. The molecule has 0 aliphatic carbocycles. The highest BCUT2D eigenvalue weighted by Crippen LogP contribution is 2.29. The highest BCUT2D eigenvalue weighted by molar-refractivity contribution is 6.31. The number of methoxy groups -OCH3 is 1. The van der Waals surface area contributed by atoms with Gasteiger partial charge in [-0.2, -0.15) is 0 Å². The molecule has 4 heteroatoms. The molecule has 0 aliphatic rings. The first-order valence-electron chi connectivity index (χ1n) is 5.97. The standard InChI is InChI=1S/C15H16ClNO2/c1-18-14-7-6-11(9-17)8-15(14)19-10-12-4-2-3-5-13(12)16/h2-8H,9-10,17H2,1H3. The third-order valence-corrected chi connectivity index (χ3v) is 3.17. The van der Waals surface area contributed by atoms with Gasteiger partial charge in [-0.15, -0.1) is 0 Å². The fourth-order valence-electron chi connectivity index (χ4n) is 1.73. The van der Waals surface area contributed by atoms with Crippen LogP contribution in [0.2, 0.25) is 5.02 Å². The molecule has 2 rings (SSSR count).